The van der Waals surface area contributed by atoms with Crippen molar-refractivity contribution in [1.82, 2.24) is 5.32 Å². The normalized spacial score (nSPS) is 11.2. The highest BCUT2D eigenvalue weighted by Gasteiger charge is 2.19. The average Bonchev–Trinajstić information content (AvgIpc) is 2.35. The Hall–Kier alpha value is -1.27. The minimum Gasteiger partial charge on any atom is -0.497 e. The third kappa shape index (κ3) is 3.34. The van der Waals surface area contributed by atoms with Gasteiger partial charge in [-0.1, -0.05) is 6.92 Å². The van der Waals surface area contributed by atoms with E-state index in [-0.39, 0.29) is 10.8 Å². The summed E-state index contributed by atoms with van der Waals surface area (Å²) in [7, 11) is -0.487. The molecule has 5 nitrogen and oxygen atoms in total. The first-order valence-electron chi connectivity index (χ1n) is 5.20. The zero-order valence-corrected chi connectivity index (χ0v) is 11.0. The number of ether oxygens (including phenoxy) is 2. The van der Waals surface area contributed by atoms with E-state index in [1.807, 2.05) is 6.92 Å². The monoisotopic (exact) mass is 259 g/mol. The molecule has 96 valence electrons. The number of nitrogens with one attached hydrogen (secondary N) is 1. The summed E-state index contributed by atoms with van der Waals surface area (Å²) in [5.41, 5.74) is 0. The second kappa shape index (κ2) is 5.88. The molecular weight excluding hydrogens is 242 g/mol. The van der Waals surface area contributed by atoms with Gasteiger partial charge in [0, 0.05) is 6.07 Å². The van der Waals surface area contributed by atoms with E-state index in [1.54, 1.807) is 12.1 Å². The maximum Gasteiger partial charge on any atom is 0.195 e. The average molecular weight is 259 g/mol. The van der Waals surface area contributed by atoms with Crippen LogP contribution in [0.25, 0.3) is 0 Å². The number of benzene rings is 1. The predicted molar refractivity (Wildman–Crippen MR) is 65.3 cm³/mol. The van der Waals surface area contributed by atoms with E-state index in [1.165, 1.54) is 20.3 Å². The highest BCUT2D eigenvalue weighted by Crippen LogP contribution is 2.28. The molecule has 0 saturated carbocycles. The largest absolute Gasteiger partial charge is 0.497 e. The molecule has 0 atom stereocenters. The summed E-state index contributed by atoms with van der Waals surface area (Å²) in [4.78, 5) is 0.139. The first-order valence-corrected chi connectivity index (χ1v) is 6.86. The van der Waals surface area contributed by atoms with Crippen molar-refractivity contribution in [2.24, 2.45) is 0 Å². The molecule has 0 spiro atoms. The van der Waals surface area contributed by atoms with Crippen molar-refractivity contribution < 1.29 is 17.9 Å². The topological polar surface area (TPSA) is 64.6 Å². The van der Waals surface area contributed by atoms with Gasteiger partial charge < -0.3 is 14.8 Å². The number of hydrogen-bond acceptors (Lipinski definition) is 5. The van der Waals surface area contributed by atoms with Crippen LogP contribution in [0.4, 0.5) is 0 Å². The summed E-state index contributed by atoms with van der Waals surface area (Å²) >= 11 is 0. The molecule has 0 amide bonds. The molecule has 0 unspecified atom stereocenters. The molecule has 0 bridgehead atoms. The predicted octanol–water partition coefficient (Wildman–Crippen LogP) is 1.04. The third-order valence-corrected chi connectivity index (χ3v) is 3.82. The Morgan fingerprint density at radius 2 is 1.94 bits per heavy atom. The summed E-state index contributed by atoms with van der Waals surface area (Å²) in [5, 5.41) is 2.79. The van der Waals surface area contributed by atoms with Gasteiger partial charge in [-0.2, -0.15) is 0 Å². The molecule has 1 N–H and O–H groups in total. The minimum absolute atomic E-state index is 0.118. The SMILES string of the molecule is CCNCS(=O)(=O)c1cc(OC)ccc1OC. The van der Waals surface area contributed by atoms with Crippen molar-refractivity contribution in [1.29, 1.82) is 0 Å². The van der Waals surface area contributed by atoms with Gasteiger partial charge in [-0.15, -0.1) is 0 Å². The van der Waals surface area contributed by atoms with Gasteiger partial charge in [-0.25, -0.2) is 8.42 Å². The molecule has 0 fully saturated rings. The molecule has 0 aliphatic heterocycles. The Morgan fingerprint density at radius 1 is 1.24 bits per heavy atom. The summed E-state index contributed by atoms with van der Waals surface area (Å²) in [6.07, 6.45) is 0. The molecule has 0 radical (unpaired) electrons. The Balaban J connectivity index is 3.17. The first-order chi connectivity index (χ1) is 8.05. The number of sulfone groups is 1. The molecule has 1 rings (SSSR count). The zero-order chi connectivity index (χ0) is 12.9. The lowest BCUT2D eigenvalue weighted by Crippen LogP contribution is -2.23. The second-order valence-corrected chi connectivity index (χ2v) is 5.34. The van der Waals surface area contributed by atoms with Crippen molar-refractivity contribution in [3.05, 3.63) is 18.2 Å². The smallest absolute Gasteiger partial charge is 0.195 e. The van der Waals surface area contributed by atoms with E-state index < -0.39 is 9.84 Å². The molecule has 6 heteroatoms. The van der Waals surface area contributed by atoms with Crippen molar-refractivity contribution in [2.45, 2.75) is 11.8 Å². The van der Waals surface area contributed by atoms with E-state index in [9.17, 15) is 8.42 Å². The number of methoxy groups -OCH3 is 2. The van der Waals surface area contributed by atoms with Crippen LogP contribution in [-0.2, 0) is 9.84 Å². The molecule has 0 saturated heterocycles. The molecular formula is C11H17NO4S. The number of rotatable bonds is 6. The molecule has 0 aromatic heterocycles. The van der Waals surface area contributed by atoms with E-state index in [4.69, 9.17) is 9.47 Å². The third-order valence-electron chi connectivity index (χ3n) is 2.25. The van der Waals surface area contributed by atoms with Crippen LogP contribution in [-0.4, -0.2) is 35.1 Å². The lowest BCUT2D eigenvalue weighted by molar-refractivity contribution is 0.392. The van der Waals surface area contributed by atoms with Crippen LogP contribution >= 0.6 is 0 Å². The fraction of sp³-hybridized carbons (Fsp3) is 0.455. The Bertz CT molecular complexity index is 470. The maximum atomic E-state index is 12.0. The maximum absolute atomic E-state index is 12.0. The van der Waals surface area contributed by atoms with Gasteiger partial charge in [0.05, 0.1) is 14.2 Å². The number of hydrogen-bond donors (Lipinski definition) is 1. The fourth-order valence-corrected chi connectivity index (χ4v) is 2.72. The van der Waals surface area contributed by atoms with Crippen molar-refractivity contribution in [3.63, 3.8) is 0 Å². The Morgan fingerprint density at radius 3 is 2.47 bits per heavy atom. The van der Waals surface area contributed by atoms with Crippen molar-refractivity contribution >= 4 is 9.84 Å². The van der Waals surface area contributed by atoms with Crippen LogP contribution in [0.15, 0.2) is 23.1 Å². The second-order valence-electron chi connectivity index (χ2n) is 3.38. The van der Waals surface area contributed by atoms with E-state index in [2.05, 4.69) is 5.32 Å². The lowest BCUT2D eigenvalue weighted by Gasteiger charge is -2.11. The highest BCUT2D eigenvalue weighted by molar-refractivity contribution is 7.91. The van der Waals surface area contributed by atoms with Crippen LogP contribution < -0.4 is 14.8 Å². The van der Waals surface area contributed by atoms with Crippen LogP contribution in [0.2, 0.25) is 0 Å². The Kier molecular flexibility index (Phi) is 4.77. The molecule has 17 heavy (non-hydrogen) atoms. The van der Waals surface area contributed by atoms with Crippen LogP contribution in [0.3, 0.4) is 0 Å². The van der Waals surface area contributed by atoms with E-state index >= 15 is 0 Å². The minimum atomic E-state index is -3.41. The van der Waals surface area contributed by atoms with Crippen LogP contribution in [0.1, 0.15) is 6.92 Å². The fourth-order valence-electron chi connectivity index (χ4n) is 1.34. The standard InChI is InChI=1S/C11H17NO4S/c1-4-12-8-17(13,14)11-7-9(15-2)5-6-10(11)16-3/h5-7,12H,4,8H2,1-3H3. The van der Waals surface area contributed by atoms with Gasteiger partial charge >= 0.3 is 0 Å². The molecule has 1 aromatic rings. The van der Waals surface area contributed by atoms with Crippen molar-refractivity contribution in [2.75, 3.05) is 26.6 Å². The van der Waals surface area contributed by atoms with Crippen molar-refractivity contribution in [3.8, 4) is 11.5 Å². The summed E-state index contributed by atoms with van der Waals surface area (Å²) in [6, 6.07) is 4.70. The summed E-state index contributed by atoms with van der Waals surface area (Å²) in [5.74, 6) is 0.692. The van der Waals surface area contributed by atoms with Gasteiger partial charge in [-0.3, -0.25) is 0 Å². The lowest BCUT2D eigenvalue weighted by atomic mass is 10.3. The van der Waals surface area contributed by atoms with Gasteiger partial charge in [-0.05, 0) is 18.7 Å². The molecule has 1 aromatic carbocycles. The molecule has 0 aliphatic rings. The van der Waals surface area contributed by atoms with E-state index in [0.29, 0.717) is 18.0 Å². The van der Waals surface area contributed by atoms with Gasteiger partial charge in [0.25, 0.3) is 0 Å². The summed E-state index contributed by atoms with van der Waals surface area (Å²) in [6.45, 7) is 2.43. The van der Waals surface area contributed by atoms with Crippen LogP contribution in [0.5, 0.6) is 11.5 Å². The van der Waals surface area contributed by atoms with E-state index in [0.717, 1.165) is 0 Å². The van der Waals surface area contributed by atoms with Crippen LogP contribution in [0, 0.1) is 0 Å². The highest BCUT2D eigenvalue weighted by atomic mass is 32.2. The quantitative estimate of drug-likeness (QED) is 0.827. The summed E-state index contributed by atoms with van der Waals surface area (Å²) < 4.78 is 34.1. The molecule has 0 aliphatic carbocycles. The van der Waals surface area contributed by atoms with Gasteiger partial charge in [0.15, 0.2) is 9.84 Å². The zero-order valence-electron chi connectivity index (χ0n) is 10.2. The Labute approximate surface area is 102 Å². The van der Waals surface area contributed by atoms with Gasteiger partial charge in [0.1, 0.15) is 22.3 Å². The van der Waals surface area contributed by atoms with Gasteiger partial charge in [0.2, 0.25) is 0 Å². The first kappa shape index (κ1) is 13.8. The molecule has 0 heterocycles.